The number of epoxide rings is 1. The summed E-state index contributed by atoms with van der Waals surface area (Å²) < 4.78 is 51.4. The van der Waals surface area contributed by atoms with Gasteiger partial charge in [-0.3, -0.25) is 0 Å². The smallest absolute Gasteiger partial charge is 0.341 e. The number of ether oxygens (including phenoxy) is 1. The highest BCUT2D eigenvalue weighted by Gasteiger charge is 2.28. The Morgan fingerprint density at radius 2 is 1.80 bits per heavy atom. The van der Waals surface area contributed by atoms with Gasteiger partial charge in [-0.05, 0) is 17.7 Å². The summed E-state index contributed by atoms with van der Waals surface area (Å²) in [5.74, 6) is -3.37. The zero-order valence-corrected chi connectivity index (χ0v) is 8.38. The minimum absolute atomic E-state index is 0.00620. The number of hydrogen-bond acceptors (Lipinski definition) is 3. The zero-order valence-electron chi connectivity index (χ0n) is 7.56. The normalized spacial score (nSPS) is 20.6. The number of alkyl halides is 2. The summed E-state index contributed by atoms with van der Waals surface area (Å²) in [7, 11) is -4.47. The van der Waals surface area contributed by atoms with Crippen LogP contribution in [0.25, 0.3) is 0 Å². The van der Waals surface area contributed by atoms with E-state index in [1.165, 1.54) is 24.3 Å². The molecule has 6 heteroatoms. The second kappa shape index (κ2) is 3.53. The minimum atomic E-state index is -4.47. The molecule has 0 saturated carbocycles. The van der Waals surface area contributed by atoms with Crippen LogP contribution in [0.3, 0.4) is 0 Å². The Morgan fingerprint density at radius 1 is 1.27 bits per heavy atom. The van der Waals surface area contributed by atoms with Crippen LogP contribution in [0.4, 0.5) is 8.78 Å². The SMILES string of the molecule is O=S(=O)(c1ccc([C@H]2CO2)cc1)C(F)F. The van der Waals surface area contributed by atoms with E-state index in [4.69, 9.17) is 4.74 Å². The predicted molar refractivity (Wildman–Crippen MR) is 48.3 cm³/mol. The Kier molecular flexibility index (Phi) is 2.47. The Morgan fingerprint density at radius 3 is 2.20 bits per heavy atom. The molecule has 1 saturated heterocycles. The molecule has 15 heavy (non-hydrogen) atoms. The van der Waals surface area contributed by atoms with Crippen molar-refractivity contribution in [3.8, 4) is 0 Å². The lowest BCUT2D eigenvalue weighted by Gasteiger charge is -2.03. The van der Waals surface area contributed by atoms with Crippen molar-refractivity contribution in [1.29, 1.82) is 0 Å². The molecule has 0 spiro atoms. The maximum atomic E-state index is 12.2. The van der Waals surface area contributed by atoms with E-state index < -0.39 is 15.6 Å². The monoisotopic (exact) mass is 234 g/mol. The van der Waals surface area contributed by atoms with E-state index in [9.17, 15) is 17.2 Å². The Labute approximate surface area is 85.6 Å². The van der Waals surface area contributed by atoms with Crippen molar-refractivity contribution in [3.05, 3.63) is 29.8 Å². The molecule has 1 aromatic carbocycles. The molecule has 0 N–H and O–H groups in total. The largest absolute Gasteiger partial charge is 0.368 e. The lowest BCUT2D eigenvalue weighted by atomic mass is 10.2. The lowest BCUT2D eigenvalue weighted by Crippen LogP contribution is -2.11. The van der Waals surface area contributed by atoms with Gasteiger partial charge < -0.3 is 4.74 Å². The summed E-state index contributed by atoms with van der Waals surface area (Å²) in [5, 5.41) is 0. The highest BCUT2D eigenvalue weighted by atomic mass is 32.2. The maximum Gasteiger partial charge on any atom is 0.341 e. The van der Waals surface area contributed by atoms with Crippen LogP contribution in [0, 0.1) is 0 Å². The molecule has 1 heterocycles. The first kappa shape index (κ1) is 10.5. The van der Waals surface area contributed by atoms with Crippen molar-refractivity contribution in [1.82, 2.24) is 0 Å². The second-order valence-corrected chi connectivity index (χ2v) is 5.11. The van der Waals surface area contributed by atoms with Gasteiger partial charge in [-0.25, -0.2) is 8.42 Å². The molecule has 0 aliphatic carbocycles. The van der Waals surface area contributed by atoms with Gasteiger partial charge in [0.15, 0.2) is 0 Å². The van der Waals surface area contributed by atoms with Gasteiger partial charge in [0.2, 0.25) is 9.84 Å². The fourth-order valence-electron chi connectivity index (χ4n) is 1.22. The van der Waals surface area contributed by atoms with Gasteiger partial charge in [0, 0.05) is 0 Å². The van der Waals surface area contributed by atoms with Crippen molar-refractivity contribution < 1.29 is 21.9 Å². The van der Waals surface area contributed by atoms with Crippen LogP contribution in [0.1, 0.15) is 11.7 Å². The fraction of sp³-hybridized carbons (Fsp3) is 0.333. The molecular formula is C9H8F2O3S. The Hall–Kier alpha value is -1.01. The van der Waals surface area contributed by atoms with Gasteiger partial charge in [0.25, 0.3) is 0 Å². The molecule has 0 radical (unpaired) electrons. The van der Waals surface area contributed by atoms with Crippen LogP contribution >= 0.6 is 0 Å². The number of hydrogen-bond donors (Lipinski definition) is 0. The summed E-state index contributed by atoms with van der Waals surface area (Å²) in [5.41, 5.74) is 0.809. The quantitative estimate of drug-likeness (QED) is 0.748. The molecule has 1 aliphatic rings. The highest BCUT2D eigenvalue weighted by molar-refractivity contribution is 7.91. The Bertz CT molecular complexity index is 449. The van der Waals surface area contributed by atoms with Crippen molar-refractivity contribution in [2.45, 2.75) is 16.8 Å². The van der Waals surface area contributed by atoms with Crippen molar-refractivity contribution >= 4 is 9.84 Å². The molecule has 0 bridgehead atoms. The molecule has 2 rings (SSSR count). The van der Waals surface area contributed by atoms with Crippen molar-refractivity contribution in [3.63, 3.8) is 0 Å². The van der Waals surface area contributed by atoms with Gasteiger partial charge in [-0.1, -0.05) is 12.1 Å². The molecule has 82 valence electrons. The lowest BCUT2D eigenvalue weighted by molar-refractivity contribution is 0.234. The standard InChI is InChI=1S/C9H8F2O3S/c10-9(11)15(12,13)7-3-1-6(2-4-7)8-5-14-8/h1-4,8-9H,5H2/t8-/m1/s1. The third-order valence-electron chi connectivity index (χ3n) is 2.15. The van der Waals surface area contributed by atoms with E-state index in [-0.39, 0.29) is 11.0 Å². The molecule has 0 aromatic heterocycles. The molecule has 1 fully saturated rings. The maximum absolute atomic E-state index is 12.2. The molecule has 1 atom stereocenters. The number of rotatable bonds is 3. The fourth-order valence-corrected chi connectivity index (χ4v) is 1.94. The van der Waals surface area contributed by atoms with Crippen LogP contribution in [-0.4, -0.2) is 20.8 Å². The van der Waals surface area contributed by atoms with Gasteiger partial charge in [0.05, 0.1) is 11.5 Å². The van der Waals surface area contributed by atoms with Crippen LogP contribution < -0.4 is 0 Å². The number of halogens is 2. The third kappa shape index (κ3) is 2.00. The summed E-state index contributed by atoms with van der Waals surface area (Å²) in [4.78, 5) is -0.359. The van der Waals surface area contributed by atoms with Crippen LogP contribution in [0.5, 0.6) is 0 Å². The van der Waals surface area contributed by atoms with E-state index in [1.54, 1.807) is 0 Å². The van der Waals surface area contributed by atoms with E-state index in [0.717, 1.165) is 5.56 Å². The first-order valence-electron chi connectivity index (χ1n) is 4.25. The second-order valence-electron chi connectivity index (χ2n) is 3.20. The number of benzene rings is 1. The minimum Gasteiger partial charge on any atom is -0.368 e. The first-order valence-corrected chi connectivity index (χ1v) is 5.80. The predicted octanol–water partition coefficient (Wildman–Crippen LogP) is 1.75. The summed E-state index contributed by atoms with van der Waals surface area (Å²) in [6.07, 6.45) is -0.00620. The summed E-state index contributed by atoms with van der Waals surface area (Å²) in [6.45, 7) is 0.598. The Balaban J connectivity index is 2.30. The van der Waals surface area contributed by atoms with E-state index >= 15 is 0 Å². The van der Waals surface area contributed by atoms with E-state index in [2.05, 4.69) is 0 Å². The molecule has 0 amide bonds. The molecule has 1 aliphatic heterocycles. The van der Waals surface area contributed by atoms with Gasteiger partial charge in [-0.2, -0.15) is 8.78 Å². The highest BCUT2D eigenvalue weighted by Crippen LogP contribution is 2.30. The van der Waals surface area contributed by atoms with Crippen molar-refractivity contribution in [2.75, 3.05) is 6.61 Å². The summed E-state index contributed by atoms with van der Waals surface area (Å²) in [6, 6.07) is 5.34. The van der Waals surface area contributed by atoms with E-state index in [1.807, 2.05) is 0 Å². The zero-order chi connectivity index (χ0) is 11.1. The summed E-state index contributed by atoms with van der Waals surface area (Å²) >= 11 is 0. The average Bonchev–Trinajstić information content (AvgIpc) is 3.01. The molecule has 3 nitrogen and oxygen atoms in total. The van der Waals surface area contributed by atoms with Gasteiger partial charge in [-0.15, -0.1) is 0 Å². The van der Waals surface area contributed by atoms with Crippen LogP contribution in [-0.2, 0) is 14.6 Å². The van der Waals surface area contributed by atoms with Gasteiger partial charge in [0.1, 0.15) is 6.10 Å². The van der Waals surface area contributed by atoms with Crippen molar-refractivity contribution in [2.24, 2.45) is 0 Å². The molecule has 0 unspecified atom stereocenters. The van der Waals surface area contributed by atoms with Crippen LogP contribution in [0.15, 0.2) is 29.2 Å². The first-order chi connectivity index (χ1) is 7.01. The van der Waals surface area contributed by atoms with Crippen LogP contribution in [0.2, 0.25) is 0 Å². The number of sulfone groups is 1. The molecule has 1 aromatic rings. The topological polar surface area (TPSA) is 46.7 Å². The van der Waals surface area contributed by atoms with E-state index in [0.29, 0.717) is 6.61 Å². The van der Waals surface area contributed by atoms with Gasteiger partial charge >= 0.3 is 5.76 Å². The third-order valence-corrected chi connectivity index (χ3v) is 3.55. The molecular weight excluding hydrogens is 226 g/mol. The average molecular weight is 234 g/mol.